The number of aromatic nitrogens is 2. The Morgan fingerprint density at radius 3 is 2.60 bits per heavy atom. The highest BCUT2D eigenvalue weighted by Gasteiger charge is 2.30. The molecule has 1 fully saturated rings. The minimum absolute atomic E-state index is 0.529. The molecule has 0 saturated carbocycles. The van der Waals surface area contributed by atoms with Gasteiger partial charge in [-0.05, 0) is 36.0 Å². The SMILES string of the molecule is CS(=O)(=O)Nc1ccc(-c2ccc(N3CC4=CNCC4C3)nn2)cc1. The lowest BCUT2D eigenvalue weighted by atomic mass is 10.1. The fourth-order valence-corrected chi connectivity index (χ4v) is 3.80. The first-order valence-corrected chi connectivity index (χ1v) is 9.96. The van der Waals surface area contributed by atoms with Crippen LogP contribution in [0.3, 0.4) is 0 Å². The van der Waals surface area contributed by atoms with Gasteiger partial charge in [-0.3, -0.25) is 4.72 Å². The first kappa shape index (κ1) is 15.9. The van der Waals surface area contributed by atoms with Gasteiger partial charge in [0.1, 0.15) is 0 Å². The third-order valence-corrected chi connectivity index (χ3v) is 5.06. The number of fused-ring (bicyclic) bond motifs is 1. The molecule has 0 amide bonds. The number of anilines is 2. The fourth-order valence-electron chi connectivity index (χ4n) is 3.23. The third kappa shape index (κ3) is 3.43. The molecular weight excluding hydrogens is 338 g/mol. The van der Waals surface area contributed by atoms with Crippen molar-refractivity contribution in [2.24, 2.45) is 5.92 Å². The molecule has 1 aromatic heterocycles. The van der Waals surface area contributed by atoms with Crippen molar-refractivity contribution in [2.75, 3.05) is 35.5 Å². The van der Waals surface area contributed by atoms with Crippen molar-refractivity contribution in [3.05, 3.63) is 48.2 Å². The Morgan fingerprint density at radius 2 is 1.96 bits per heavy atom. The second kappa shape index (κ2) is 6.03. The predicted octanol–water partition coefficient (Wildman–Crippen LogP) is 1.44. The van der Waals surface area contributed by atoms with Crippen LogP contribution in [0.1, 0.15) is 0 Å². The average molecular weight is 357 g/mol. The summed E-state index contributed by atoms with van der Waals surface area (Å²) in [6, 6.07) is 11.0. The Balaban J connectivity index is 1.49. The van der Waals surface area contributed by atoms with Crippen molar-refractivity contribution in [1.82, 2.24) is 15.5 Å². The molecule has 2 N–H and O–H groups in total. The Hall–Kier alpha value is -2.61. The van der Waals surface area contributed by atoms with E-state index in [1.807, 2.05) is 24.3 Å². The second-order valence-electron chi connectivity index (χ2n) is 6.43. The van der Waals surface area contributed by atoms with Gasteiger partial charge in [-0.2, -0.15) is 0 Å². The van der Waals surface area contributed by atoms with Gasteiger partial charge in [-0.1, -0.05) is 12.1 Å². The summed E-state index contributed by atoms with van der Waals surface area (Å²) in [4.78, 5) is 2.24. The molecule has 25 heavy (non-hydrogen) atoms. The molecule has 2 aromatic rings. The molecule has 4 rings (SSSR count). The maximum atomic E-state index is 11.2. The first-order chi connectivity index (χ1) is 12.0. The van der Waals surface area contributed by atoms with E-state index in [0.717, 1.165) is 43.0 Å². The lowest BCUT2D eigenvalue weighted by molar-refractivity contribution is 0.607. The highest BCUT2D eigenvalue weighted by molar-refractivity contribution is 7.92. The zero-order valence-corrected chi connectivity index (χ0v) is 14.6. The van der Waals surface area contributed by atoms with Crippen LogP contribution in [0.25, 0.3) is 11.3 Å². The number of rotatable bonds is 4. The van der Waals surface area contributed by atoms with Gasteiger partial charge in [0.05, 0.1) is 11.9 Å². The summed E-state index contributed by atoms with van der Waals surface area (Å²) in [6.45, 7) is 2.88. The van der Waals surface area contributed by atoms with Crippen molar-refractivity contribution in [3.8, 4) is 11.3 Å². The Morgan fingerprint density at radius 1 is 1.16 bits per heavy atom. The van der Waals surface area contributed by atoms with Crippen LogP contribution in [0, 0.1) is 5.92 Å². The summed E-state index contributed by atoms with van der Waals surface area (Å²) in [7, 11) is -3.27. The van der Waals surface area contributed by atoms with E-state index in [0.29, 0.717) is 11.6 Å². The van der Waals surface area contributed by atoms with Gasteiger partial charge >= 0.3 is 0 Å². The minimum atomic E-state index is -3.27. The molecule has 1 aromatic carbocycles. The van der Waals surface area contributed by atoms with Crippen LogP contribution < -0.4 is 14.9 Å². The molecule has 8 heteroatoms. The van der Waals surface area contributed by atoms with E-state index in [1.54, 1.807) is 12.1 Å². The number of nitrogens with one attached hydrogen (secondary N) is 2. The Bertz CT molecular complexity index is 907. The van der Waals surface area contributed by atoms with E-state index in [2.05, 4.69) is 31.3 Å². The summed E-state index contributed by atoms with van der Waals surface area (Å²) < 4.78 is 24.9. The Labute approximate surface area is 146 Å². The van der Waals surface area contributed by atoms with Crippen LogP contribution in [-0.4, -0.2) is 44.5 Å². The van der Waals surface area contributed by atoms with Crippen LogP contribution in [0.4, 0.5) is 11.5 Å². The number of sulfonamides is 1. The van der Waals surface area contributed by atoms with Gasteiger partial charge in [0.15, 0.2) is 5.82 Å². The molecule has 0 radical (unpaired) electrons. The molecule has 1 saturated heterocycles. The van der Waals surface area contributed by atoms with Crippen molar-refractivity contribution in [1.29, 1.82) is 0 Å². The van der Waals surface area contributed by atoms with E-state index >= 15 is 0 Å². The van der Waals surface area contributed by atoms with Crippen LogP contribution in [-0.2, 0) is 10.0 Å². The fraction of sp³-hybridized carbons (Fsp3) is 0.294. The van der Waals surface area contributed by atoms with Crippen molar-refractivity contribution < 1.29 is 8.42 Å². The van der Waals surface area contributed by atoms with E-state index < -0.39 is 10.0 Å². The summed E-state index contributed by atoms with van der Waals surface area (Å²) in [6.07, 6.45) is 3.24. The van der Waals surface area contributed by atoms with E-state index in [4.69, 9.17) is 0 Å². The van der Waals surface area contributed by atoms with Crippen LogP contribution in [0.5, 0.6) is 0 Å². The number of hydrogen-bond donors (Lipinski definition) is 2. The molecule has 7 nitrogen and oxygen atoms in total. The van der Waals surface area contributed by atoms with Gasteiger partial charge in [0.2, 0.25) is 10.0 Å². The lowest BCUT2D eigenvalue weighted by Crippen LogP contribution is -2.24. The quantitative estimate of drug-likeness (QED) is 0.861. The molecule has 130 valence electrons. The van der Waals surface area contributed by atoms with Crippen LogP contribution in [0.2, 0.25) is 0 Å². The Kier molecular flexibility index (Phi) is 3.84. The lowest BCUT2D eigenvalue weighted by Gasteiger charge is -2.16. The zero-order valence-electron chi connectivity index (χ0n) is 13.8. The standard InChI is InChI=1S/C17H19N5O2S/c1-25(23,24)21-15-4-2-12(3-5-15)16-6-7-17(20-19-16)22-10-13-8-18-9-14(13)11-22/h2-8,14,18,21H,9-11H2,1H3. The summed E-state index contributed by atoms with van der Waals surface area (Å²) >= 11 is 0. The normalized spacial score (nSPS) is 19.3. The van der Waals surface area contributed by atoms with Gasteiger partial charge in [0.25, 0.3) is 0 Å². The topological polar surface area (TPSA) is 87.2 Å². The summed E-state index contributed by atoms with van der Waals surface area (Å²) in [5, 5.41) is 12.0. The summed E-state index contributed by atoms with van der Waals surface area (Å²) in [5.74, 6) is 1.46. The second-order valence-corrected chi connectivity index (χ2v) is 8.18. The average Bonchev–Trinajstić information content (AvgIpc) is 3.16. The molecule has 0 spiro atoms. The third-order valence-electron chi connectivity index (χ3n) is 4.45. The van der Waals surface area contributed by atoms with Gasteiger partial charge in [-0.25, -0.2) is 8.42 Å². The smallest absolute Gasteiger partial charge is 0.229 e. The molecular formula is C17H19N5O2S. The summed E-state index contributed by atoms with van der Waals surface area (Å²) in [5.41, 5.74) is 3.61. The van der Waals surface area contributed by atoms with Crippen LogP contribution >= 0.6 is 0 Å². The number of hydrogen-bond acceptors (Lipinski definition) is 6. The van der Waals surface area contributed by atoms with E-state index in [1.165, 1.54) is 5.57 Å². The zero-order chi connectivity index (χ0) is 17.4. The molecule has 2 aliphatic rings. The number of benzene rings is 1. The minimum Gasteiger partial charge on any atom is -0.390 e. The van der Waals surface area contributed by atoms with Gasteiger partial charge in [0, 0.05) is 36.8 Å². The van der Waals surface area contributed by atoms with E-state index in [-0.39, 0.29) is 0 Å². The van der Waals surface area contributed by atoms with Crippen LogP contribution in [0.15, 0.2) is 48.2 Å². The highest BCUT2D eigenvalue weighted by atomic mass is 32.2. The molecule has 2 aliphatic heterocycles. The monoisotopic (exact) mass is 357 g/mol. The largest absolute Gasteiger partial charge is 0.390 e. The molecule has 1 unspecified atom stereocenters. The van der Waals surface area contributed by atoms with Gasteiger partial charge < -0.3 is 10.2 Å². The van der Waals surface area contributed by atoms with Crippen molar-refractivity contribution >= 4 is 21.5 Å². The van der Waals surface area contributed by atoms with Gasteiger partial charge in [-0.15, -0.1) is 10.2 Å². The predicted molar refractivity (Wildman–Crippen MR) is 97.7 cm³/mol. The highest BCUT2D eigenvalue weighted by Crippen LogP contribution is 2.29. The maximum Gasteiger partial charge on any atom is 0.229 e. The molecule has 3 heterocycles. The van der Waals surface area contributed by atoms with E-state index in [9.17, 15) is 8.42 Å². The molecule has 0 bridgehead atoms. The first-order valence-electron chi connectivity index (χ1n) is 8.07. The maximum absolute atomic E-state index is 11.2. The number of nitrogens with zero attached hydrogens (tertiary/aromatic N) is 3. The van der Waals surface area contributed by atoms with Crippen molar-refractivity contribution in [2.45, 2.75) is 0 Å². The molecule has 1 atom stereocenters. The molecule has 0 aliphatic carbocycles. The van der Waals surface area contributed by atoms with Crippen molar-refractivity contribution in [3.63, 3.8) is 0 Å².